The van der Waals surface area contributed by atoms with Crippen LogP contribution >= 0.6 is 0 Å². The minimum Gasteiger partial charge on any atom is -0.496 e. The number of aromatic nitrogens is 3. The minimum atomic E-state index is -0.556. The highest BCUT2D eigenvalue weighted by Crippen LogP contribution is 2.21. The number of hydrogen-bond acceptors (Lipinski definition) is 6. The number of allylic oxidation sites excluding steroid dienone is 5. The lowest BCUT2D eigenvalue weighted by atomic mass is 10.0. The third-order valence-corrected chi connectivity index (χ3v) is 4.94. The highest BCUT2D eigenvalue weighted by atomic mass is 16.5. The number of carbonyl (C=O) groups is 2. The van der Waals surface area contributed by atoms with Gasteiger partial charge in [0.2, 0.25) is 0 Å². The summed E-state index contributed by atoms with van der Waals surface area (Å²) in [7, 11) is 2.72. The third kappa shape index (κ3) is 5.66. The molecule has 0 spiro atoms. The molecule has 3 rings (SSSR count). The molecule has 0 radical (unpaired) electrons. The number of benzene rings is 1. The monoisotopic (exact) mass is 460 g/mol. The Morgan fingerprint density at radius 2 is 1.94 bits per heavy atom. The predicted octanol–water partition coefficient (Wildman–Crippen LogP) is 4.38. The number of rotatable bonds is 9. The summed E-state index contributed by atoms with van der Waals surface area (Å²) in [6.07, 6.45) is 12.0. The van der Waals surface area contributed by atoms with E-state index in [-0.39, 0.29) is 12.9 Å². The maximum atomic E-state index is 12.6. The smallest absolute Gasteiger partial charge is 0.343 e. The number of nitrogens with zero attached hydrogens (tertiary/aromatic N) is 3. The fourth-order valence-corrected chi connectivity index (χ4v) is 3.20. The Morgan fingerprint density at radius 3 is 2.59 bits per heavy atom. The van der Waals surface area contributed by atoms with Crippen molar-refractivity contribution >= 4 is 17.4 Å². The first-order chi connectivity index (χ1) is 16.5. The van der Waals surface area contributed by atoms with Crippen molar-refractivity contribution in [3.05, 3.63) is 102 Å². The lowest BCUT2D eigenvalue weighted by Gasteiger charge is -2.08. The second-order valence-corrected chi connectivity index (χ2v) is 7.15. The average Bonchev–Trinajstić information content (AvgIpc) is 3.37. The Hall–Kier alpha value is -4.46. The molecule has 3 aromatic rings. The Morgan fingerprint density at radius 1 is 1.18 bits per heavy atom. The first-order valence-electron chi connectivity index (χ1n) is 10.5. The van der Waals surface area contributed by atoms with Crippen molar-refractivity contribution in [3.63, 3.8) is 0 Å². The second kappa shape index (κ2) is 11.4. The number of carbonyl (C=O) groups excluding carboxylic acids is 2. The van der Waals surface area contributed by atoms with Crippen LogP contribution in [0, 0.1) is 0 Å². The third-order valence-electron chi connectivity index (χ3n) is 4.94. The average molecular weight is 461 g/mol. The molecule has 0 atom stereocenters. The fourth-order valence-electron chi connectivity index (χ4n) is 3.20. The molecule has 8 nitrogen and oxygen atoms in total. The first kappa shape index (κ1) is 24.2. The molecular weight excluding hydrogens is 432 g/mol. The number of pyridine rings is 1. The zero-order valence-electron chi connectivity index (χ0n) is 19.3. The Balaban J connectivity index is 0.00000432. The number of amides is 1. The zero-order chi connectivity index (χ0) is 24.5. The van der Waals surface area contributed by atoms with Crippen LogP contribution in [0.4, 0.5) is 0 Å². The predicted molar refractivity (Wildman–Crippen MR) is 132 cm³/mol. The molecule has 8 heteroatoms. The molecule has 2 aromatic heterocycles. The van der Waals surface area contributed by atoms with E-state index in [2.05, 4.69) is 22.0 Å². The summed E-state index contributed by atoms with van der Waals surface area (Å²) >= 11 is 0. The molecule has 2 heterocycles. The number of esters is 1. The van der Waals surface area contributed by atoms with E-state index in [9.17, 15) is 9.59 Å². The number of nitrogens with one attached hydrogen (secondary N) is 1. The van der Waals surface area contributed by atoms with Crippen LogP contribution in [0.3, 0.4) is 0 Å². The van der Waals surface area contributed by atoms with Crippen molar-refractivity contribution in [2.75, 3.05) is 14.2 Å². The van der Waals surface area contributed by atoms with Crippen molar-refractivity contribution in [1.82, 2.24) is 20.1 Å². The van der Waals surface area contributed by atoms with Crippen molar-refractivity contribution < 1.29 is 20.5 Å². The van der Waals surface area contributed by atoms with E-state index in [1.807, 2.05) is 49.4 Å². The SMILES string of the molecule is C=C/C=C(\C=C/C)c1ccc(CNC(=O)c2cnn(-c3cc(OC)c(C(=O)OC)cn3)c2)cc1.[HH]. The van der Waals surface area contributed by atoms with Crippen LogP contribution < -0.4 is 10.1 Å². The summed E-state index contributed by atoms with van der Waals surface area (Å²) in [5.74, 6) is -0.139. The summed E-state index contributed by atoms with van der Waals surface area (Å²) in [6, 6.07) is 9.50. The van der Waals surface area contributed by atoms with Gasteiger partial charge in [-0.05, 0) is 23.6 Å². The topological polar surface area (TPSA) is 95.3 Å². The van der Waals surface area contributed by atoms with Gasteiger partial charge in [0.15, 0.2) is 5.82 Å². The molecule has 0 saturated carbocycles. The Kier molecular flexibility index (Phi) is 8.12. The van der Waals surface area contributed by atoms with Crippen LogP contribution in [-0.4, -0.2) is 40.9 Å². The Bertz CT molecular complexity index is 1250. The van der Waals surface area contributed by atoms with Crippen molar-refractivity contribution in [2.24, 2.45) is 0 Å². The number of ether oxygens (including phenoxy) is 2. The van der Waals surface area contributed by atoms with E-state index >= 15 is 0 Å². The Labute approximate surface area is 199 Å². The van der Waals surface area contributed by atoms with Crippen molar-refractivity contribution in [3.8, 4) is 11.6 Å². The van der Waals surface area contributed by atoms with Gasteiger partial charge in [-0.3, -0.25) is 4.79 Å². The van der Waals surface area contributed by atoms with Crippen molar-refractivity contribution in [2.45, 2.75) is 13.5 Å². The summed E-state index contributed by atoms with van der Waals surface area (Å²) < 4.78 is 11.4. The van der Waals surface area contributed by atoms with E-state index in [1.54, 1.807) is 18.3 Å². The van der Waals surface area contributed by atoms with Gasteiger partial charge in [-0.1, -0.05) is 55.1 Å². The van der Waals surface area contributed by atoms with Crippen LogP contribution in [0.5, 0.6) is 5.75 Å². The summed E-state index contributed by atoms with van der Waals surface area (Å²) in [5.41, 5.74) is 3.66. The summed E-state index contributed by atoms with van der Waals surface area (Å²) in [6.45, 7) is 6.09. The maximum absolute atomic E-state index is 12.6. The molecule has 0 fully saturated rings. The normalized spacial score (nSPS) is 11.3. The van der Waals surface area contributed by atoms with Gasteiger partial charge in [-0.2, -0.15) is 5.10 Å². The minimum absolute atomic E-state index is 0. The molecule has 0 bridgehead atoms. The molecule has 0 aliphatic carbocycles. The van der Waals surface area contributed by atoms with Gasteiger partial charge in [0, 0.05) is 26.4 Å². The zero-order valence-corrected chi connectivity index (χ0v) is 19.3. The molecular formula is C26H28N4O4. The van der Waals surface area contributed by atoms with Gasteiger partial charge in [-0.25, -0.2) is 14.5 Å². The summed E-state index contributed by atoms with van der Waals surface area (Å²) in [5, 5.41) is 7.09. The van der Waals surface area contributed by atoms with Gasteiger partial charge >= 0.3 is 5.97 Å². The van der Waals surface area contributed by atoms with Crippen LogP contribution in [0.1, 0.15) is 40.2 Å². The standard InChI is InChI=1S/C26H26N4O4.H2/c1-5-7-19(8-6-2)20-11-9-18(10-12-20)14-28-25(31)21-15-29-30(17-21)24-13-23(33-3)22(16-27-24)26(32)34-4;/h5-13,15-17H,1,14H2,2-4H3,(H,28,31);1H/b8-6-,19-7+;. The fraction of sp³-hybridized carbons (Fsp3) is 0.154. The molecule has 0 unspecified atom stereocenters. The van der Waals surface area contributed by atoms with Gasteiger partial charge in [0.05, 0.1) is 26.0 Å². The van der Waals surface area contributed by atoms with Crippen LogP contribution in [0.15, 0.2) is 79.8 Å². The van der Waals surface area contributed by atoms with E-state index < -0.39 is 5.97 Å². The van der Waals surface area contributed by atoms with Crippen LogP contribution in [0.2, 0.25) is 0 Å². The molecule has 0 saturated heterocycles. The summed E-state index contributed by atoms with van der Waals surface area (Å²) in [4.78, 5) is 28.6. The molecule has 1 N–H and O–H groups in total. The first-order valence-corrected chi connectivity index (χ1v) is 10.5. The highest BCUT2D eigenvalue weighted by Gasteiger charge is 2.16. The van der Waals surface area contributed by atoms with Crippen LogP contribution in [0.25, 0.3) is 11.4 Å². The van der Waals surface area contributed by atoms with E-state index in [1.165, 1.54) is 31.3 Å². The molecule has 1 aromatic carbocycles. The van der Waals surface area contributed by atoms with Crippen molar-refractivity contribution in [1.29, 1.82) is 0 Å². The van der Waals surface area contributed by atoms with E-state index in [0.717, 1.165) is 16.7 Å². The maximum Gasteiger partial charge on any atom is 0.343 e. The second-order valence-electron chi connectivity index (χ2n) is 7.15. The van der Waals surface area contributed by atoms with E-state index in [4.69, 9.17) is 9.47 Å². The number of hydrogen-bond donors (Lipinski definition) is 1. The highest BCUT2D eigenvalue weighted by molar-refractivity contribution is 5.94. The van der Waals surface area contributed by atoms with Gasteiger partial charge in [-0.15, -0.1) is 0 Å². The molecule has 34 heavy (non-hydrogen) atoms. The largest absolute Gasteiger partial charge is 0.496 e. The lowest BCUT2D eigenvalue weighted by molar-refractivity contribution is 0.0596. The van der Waals surface area contributed by atoms with Crippen LogP contribution in [-0.2, 0) is 11.3 Å². The molecule has 176 valence electrons. The van der Waals surface area contributed by atoms with Gasteiger partial charge in [0.1, 0.15) is 11.3 Å². The lowest BCUT2D eigenvalue weighted by Crippen LogP contribution is -2.22. The molecule has 1 amide bonds. The van der Waals surface area contributed by atoms with Gasteiger partial charge in [0.25, 0.3) is 5.91 Å². The quantitative estimate of drug-likeness (QED) is 0.376. The molecule has 0 aliphatic rings. The number of methoxy groups -OCH3 is 2. The van der Waals surface area contributed by atoms with E-state index in [0.29, 0.717) is 23.7 Å². The molecule has 0 aliphatic heterocycles. The van der Waals surface area contributed by atoms with Gasteiger partial charge < -0.3 is 14.8 Å².